The van der Waals surface area contributed by atoms with E-state index in [-0.39, 0.29) is 18.5 Å². The second-order valence-corrected chi connectivity index (χ2v) is 6.98. The van der Waals surface area contributed by atoms with E-state index in [4.69, 9.17) is 16.3 Å². The van der Waals surface area contributed by atoms with Crippen LogP contribution in [0.25, 0.3) is 6.08 Å². The molecule has 1 heterocycles. The Morgan fingerprint density at radius 2 is 1.70 bits per heavy atom. The van der Waals surface area contributed by atoms with E-state index in [2.05, 4.69) is 16.0 Å². The fourth-order valence-electron chi connectivity index (χ4n) is 2.71. The highest BCUT2D eigenvalue weighted by Crippen LogP contribution is 2.29. The van der Waals surface area contributed by atoms with Crippen LogP contribution >= 0.6 is 11.6 Å². The minimum Gasteiger partial charge on any atom is -0.488 e. The number of hydrogen-bond donors (Lipinski definition) is 3. The van der Waals surface area contributed by atoms with E-state index in [1.54, 1.807) is 48.5 Å². The first kappa shape index (κ1) is 17.4. The molecule has 3 amide bonds. The lowest BCUT2D eigenvalue weighted by Crippen LogP contribution is -2.30. The fraction of sp³-hybridized carbons (Fsp3) is 0.200. The zero-order valence-corrected chi connectivity index (χ0v) is 15.2. The summed E-state index contributed by atoms with van der Waals surface area (Å²) in [7, 11) is 0. The van der Waals surface area contributed by atoms with E-state index >= 15 is 0 Å². The fourth-order valence-corrected chi connectivity index (χ4v) is 2.89. The summed E-state index contributed by atoms with van der Waals surface area (Å²) in [6.45, 7) is 0.196. The molecular formula is C20H18ClN3O3. The van der Waals surface area contributed by atoms with Crippen molar-refractivity contribution in [3.8, 4) is 5.75 Å². The third-order valence-corrected chi connectivity index (χ3v) is 4.52. The van der Waals surface area contributed by atoms with Gasteiger partial charge in [0.1, 0.15) is 12.4 Å². The maximum atomic E-state index is 12.5. The molecule has 2 aromatic rings. The van der Waals surface area contributed by atoms with Crippen molar-refractivity contribution in [2.75, 3.05) is 17.2 Å². The van der Waals surface area contributed by atoms with Crippen LogP contribution in [0, 0.1) is 0 Å². The van der Waals surface area contributed by atoms with Crippen LogP contribution in [0.5, 0.6) is 5.75 Å². The van der Waals surface area contributed by atoms with Gasteiger partial charge in [-0.3, -0.25) is 4.79 Å². The molecule has 1 saturated carbocycles. The van der Waals surface area contributed by atoms with Crippen molar-refractivity contribution in [1.29, 1.82) is 0 Å². The van der Waals surface area contributed by atoms with E-state index < -0.39 is 0 Å². The van der Waals surface area contributed by atoms with E-state index in [1.807, 2.05) is 0 Å². The van der Waals surface area contributed by atoms with Crippen LogP contribution in [0.1, 0.15) is 18.4 Å². The van der Waals surface area contributed by atoms with Crippen LogP contribution in [0.3, 0.4) is 0 Å². The number of carbonyl (C=O) groups excluding carboxylic acids is 2. The predicted molar refractivity (Wildman–Crippen MR) is 105 cm³/mol. The Morgan fingerprint density at radius 3 is 2.41 bits per heavy atom. The van der Waals surface area contributed by atoms with Gasteiger partial charge in [-0.1, -0.05) is 11.6 Å². The summed E-state index contributed by atoms with van der Waals surface area (Å²) in [5, 5.41) is 9.04. The van der Waals surface area contributed by atoms with Crippen molar-refractivity contribution in [2.45, 2.75) is 18.9 Å². The van der Waals surface area contributed by atoms with E-state index in [9.17, 15) is 9.59 Å². The maximum Gasteiger partial charge on any atom is 0.319 e. The average molecular weight is 384 g/mol. The zero-order chi connectivity index (χ0) is 18.8. The monoisotopic (exact) mass is 383 g/mol. The third kappa shape index (κ3) is 4.41. The molecule has 6 nitrogen and oxygen atoms in total. The highest BCUT2D eigenvalue weighted by atomic mass is 35.5. The molecule has 2 aromatic carbocycles. The molecule has 2 aliphatic rings. The minimum absolute atomic E-state index is 0.196. The molecule has 0 bridgehead atoms. The smallest absolute Gasteiger partial charge is 0.319 e. The topological polar surface area (TPSA) is 79.5 Å². The Hall–Kier alpha value is -2.99. The first-order valence-electron chi connectivity index (χ1n) is 8.69. The minimum atomic E-state index is -0.243. The van der Waals surface area contributed by atoms with E-state index in [0.29, 0.717) is 33.8 Å². The lowest BCUT2D eigenvalue weighted by Gasteiger charge is -2.18. The van der Waals surface area contributed by atoms with Crippen LogP contribution in [0.2, 0.25) is 5.02 Å². The summed E-state index contributed by atoms with van der Waals surface area (Å²) in [6.07, 6.45) is 3.85. The Balaban J connectivity index is 1.38. The highest BCUT2D eigenvalue weighted by molar-refractivity contribution is 6.30. The molecule has 0 unspecified atom stereocenters. The standard InChI is InChI=1S/C20H18ClN3O3/c21-14-1-8-18-12(10-14)9-13(11-27-18)19(25)22-15-2-4-16(5-3-15)23-20(26)24-17-6-7-17/h1-5,8-10,17H,6-7,11H2,(H,22,25)(H2,23,24,26). The number of hydrogen-bond acceptors (Lipinski definition) is 3. The number of benzene rings is 2. The van der Waals surface area contributed by atoms with Gasteiger partial charge in [-0.15, -0.1) is 0 Å². The SMILES string of the molecule is O=C(Nc1ccc(NC(=O)C2=Cc3cc(Cl)ccc3OC2)cc1)NC1CC1. The first-order chi connectivity index (χ1) is 13.1. The van der Waals surface area contributed by atoms with Gasteiger partial charge < -0.3 is 20.7 Å². The molecule has 0 aromatic heterocycles. The lowest BCUT2D eigenvalue weighted by molar-refractivity contribution is -0.113. The predicted octanol–water partition coefficient (Wildman–Crippen LogP) is 4.04. The third-order valence-electron chi connectivity index (χ3n) is 4.29. The van der Waals surface area contributed by atoms with Crippen molar-refractivity contribution in [3.63, 3.8) is 0 Å². The number of anilines is 2. The van der Waals surface area contributed by atoms with Gasteiger partial charge in [-0.2, -0.15) is 0 Å². The highest BCUT2D eigenvalue weighted by Gasteiger charge is 2.23. The van der Waals surface area contributed by atoms with E-state index in [0.717, 1.165) is 18.4 Å². The lowest BCUT2D eigenvalue weighted by atomic mass is 10.1. The van der Waals surface area contributed by atoms with Crippen LogP contribution in [-0.4, -0.2) is 24.6 Å². The van der Waals surface area contributed by atoms with Gasteiger partial charge in [0.2, 0.25) is 0 Å². The molecule has 0 atom stereocenters. The van der Waals surface area contributed by atoms with Crippen LogP contribution < -0.4 is 20.7 Å². The van der Waals surface area contributed by atoms with E-state index in [1.165, 1.54) is 0 Å². The molecule has 3 N–H and O–H groups in total. The second-order valence-electron chi connectivity index (χ2n) is 6.54. The maximum absolute atomic E-state index is 12.5. The Labute approximate surface area is 161 Å². The zero-order valence-electron chi connectivity index (χ0n) is 14.4. The average Bonchev–Trinajstić information content (AvgIpc) is 3.46. The molecule has 0 saturated heterocycles. The number of ether oxygens (including phenoxy) is 1. The second kappa shape index (κ2) is 7.32. The molecule has 1 aliphatic carbocycles. The number of nitrogens with one attached hydrogen (secondary N) is 3. The molecular weight excluding hydrogens is 366 g/mol. The number of fused-ring (bicyclic) bond motifs is 1. The summed E-state index contributed by atoms with van der Waals surface area (Å²) in [5.74, 6) is 0.462. The van der Waals surface area contributed by atoms with Crippen molar-refractivity contribution < 1.29 is 14.3 Å². The molecule has 27 heavy (non-hydrogen) atoms. The van der Waals surface area contributed by atoms with Gasteiger partial charge in [-0.25, -0.2) is 4.79 Å². The van der Waals surface area contributed by atoms with Crippen molar-refractivity contribution >= 4 is 41.0 Å². The molecule has 4 rings (SSSR count). The van der Waals surface area contributed by atoms with Crippen molar-refractivity contribution in [1.82, 2.24) is 5.32 Å². The summed E-state index contributed by atoms with van der Waals surface area (Å²) in [6, 6.07) is 12.3. The molecule has 1 fully saturated rings. The van der Waals surface area contributed by atoms with Gasteiger partial charge in [-0.05, 0) is 61.4 Å². The number of halogens is 1. The normalized spacial score (nSPS) is 15.1. The molecule has 0 radical (unpaired) electrons. The Kier molecular flexibility index (Phi) is 4.73. The summed E-state index contributed by atoms with van der Waals surface area (Å²) in [5.41, 5.74) is 2.58. The quantitative estimate of drug-likeness (QED) is 0.745. The summed E-state index contributed by atoms with van der Waals surface area (Å²) in [4.78, 5) is 24.2. The first-order valence-corrected chi connectivity index (χ1v) is 9.06. The molecule has 138 valence electrons. The Morgan fingerprint density at radius 1 is 1.00 bits per heavy atom. The number of rotatable bonds is 4. The van der Waals surface area contributed by atoms with Gasteiger partial charge in [0, 0.05) is 28.0 Å². The number of carbonyl (C=O) groups is 2. The van der Waals surface area contributed by atoms with Crippen molar-refractivity contribution in [2.24, 2.45) is 0 Å². The van der Waals surface area contributed by atoms with Gasteiger partial charge in [0.25, 0.3) is 5.91 Å². The van der Waals surface area contributed by atoms with Crippen LogP contribution in [-0.2, 0) is 4.79 Å². The largest absolute Gasteiger partial charge is 0.488 e. The number of amides is 3. The van der Waals surface area contributed by atoms with Gasteiger partial charge in [0.05, 0.1) is 5.57 Å². The number of urea groups is 1. The molecule has 7 heteroatoms. The Bertz CT molecular complexity index is 921. The summed E-state index contributed by atoms with van der Waals surface area (Å²) >= 11 is 6.00. The summed E-state index contributed by atoms with van der Waals surface area (Å²) < 4.78 is 5.61. The van der Waals surface area contributed by atoms with Gasteiger partial charge >= 0.3 is 6.03 Å². The van der Waals surface area contributed by atoms with Crippen LogP contribution in [0.15, 0.2) is 48.0 Å². The van der Waals surface area contributed by atoms with Gasteiger partial charge in [0.15, 0.2) is 0 Å². The van der Waals surface area contributed by atoms with Crippen LogP contribution in [0.4, 0.5) is 16.2 Å². The molecule has 0 spiro atoms. The van der Waals surface area contributed by atoms with Crippen molar-refractivity contribution in [3.05, 3.63) is 58.6 Å². The molecule has 1 aliphatic heterocycles.